The molecule has 0 rings (SSSR count). The molecule has 0 radical (unpaired) electrons. The molecule has 0 spiro atoms. The predicted octanol–water partition coefficient (Wildman–Crippen LogP) is 3.03. The highest BCUT2D eigenvalue weighted by atomic mass is 16.6. The van der Waals surface area contributed by atoms with Crippen LogP contribution >= 0.6 is 0 Å². The van der Waals surface area contributed by atoms with Crippen LogP contribution in [0.3, 0.4) is 0 Å². The highest BCUT2D eigenvalue weighted by Gasteiger charge is 2.21. The molecule has 0 aromatic rings. The number of hydrogen-bond acceptors (Lipinski definition) is 3. The molecule has 0 saturated heterocycles. The average Bonchev–Trinajstić information content (AvgIpc) is 2.17. The van der Waals surface area contributed by atoms with Crippen molar-refractivity contribution in [3.63, 3.8) is 0 Å². The maximum absolute atomic E-state index is 11.4. The van der Waals surface area contributed by atoms with Gasteiger partial charge in [-0.25, -0.2) is 0 Å². The third kappa shape index (κ3) is 6.11. The molecule has 0 fully saturated rings. The van der Waals surface area contributed by atoms with E-state index >= 15 is 0 Å². The number of hydrogen-bond donors (Lipinski definition) is 0. The van der Waals surface area contributed by atoms with E-state index in [0.29, 0.717) is 12.5 Å². The van der Waals surface area contributed by atoms with Crippen molar-refractivity contribution in [1.29, 1.82) is 0 Å². The van der Waals surface area contributed by atoms with Crippen LogP contribution in [0.5, 0.6) is 0 Å². The lowest BCUT2D eigenvalue weighted by atomic mass is 10.1. The quantitative estimate of drug-likeness (QED) is 0.631. The Morgan fingerprint density at radius 1 is 1.12 bits per heavy atom. The van der Waals surface area contributed by atoms with Gasteiger partial charge in [0.05, 0.1) is 12.0 Å². The molecule has 0 aliphatic rings. The fourth-order valence-corrected chi connectivity index (χ4v) is 1.30. The monoisotopic (exact) mass is 230 g/mol. The first-order valence-corrected chi connectivity index (χ1v) is 6.20. The van der Waals surface area contributed by atoms with E-state index in [-0.39, 0.29) is 24.1 Å². The zero-order valence-corrected chi connectivity index (χ0v) is 11.4. The van der Waals surface area contributed by atoms with Gasteiger partial charge in [-0.15, -0.1) is 0 Å². The van der Waals surface area contributed by atoms with Crippen molar-refractivity contribution < 1.29 is 14.3 Å². The Balaban J connectivity index is 4.09. The van der Waals surface area contributed by atoms with E-state index in [9.17, 15) is 4.79 Å². The third-order valence-electron chi connectivity index (χ3n) is 2.34. The summed E-state index contributed by atoms with van der Waals surface area (Å²) in [6.45, 7) is 12.5. The molecular formula is C13H26O3. The molecule has 0 amide bonds. The molecule has 2 atom stereocenters. The molecule has 0 aliphatic heterocycles. The molecular weight excluding hydrogens is 204 g/mol. The SMILES string of the molecule is CCC(OCC(C)C)C(C)OC(=O)C(C)C. The van der Waals surface area contributed by atoms with Gasteiger partial charge in [-0.3, -0.25) is 4.79 Å². The first-order chi connectivity index (χ1) is 7.38. The number of carbonyl (C=O) groups excluding carboxylic acids is 1. The smallest absolute Gasteiger partial charge is 0.308 e. The zero-order valence-electron chi connectivity index (χ0n) is 11.4. The van der Waals surface area contributed by atoms with Crippen molar-refractivity contribution >= 4 is 5.97 Å². The number of rotatable bonds is 7. The van der Waals surface area contributed by atoms with Crippen LogP contribution in [0.25, 0.3) is 0 Å². The van der Waals surface area contributed by atoms with Crippen LogP contribution in [-0.4, -0.2) is 24.8 Å². The van der Waals surface area contributed by atoms with Crippen LogP contribution in [0.2, 0.25) is 0 Å². The van der Waals surface area contributed by atoms with Crippen LogP contribution in [0.15, 0.2) is 0 Å². The number of esters is 1. The predicted molar refractivity (Wildman–Crippen MR) is 65.3 cm³/mol. The highest BCUT2D eigenvalue weighted by molar-refractivity contribution is 5.71. The fourth-order valence-electron chi connectivity index (χ4n) is 1.30. The zero-order chi connectivity index (χ0) is 12.7. The van der Waals surface area contributed by atoms with Crippen molar-refractivity contribution in [1.82, 2.24) is 0 Å². The van der Waals surface area contributed by atoms with Crippen LogP contribution in [0, 0.1) is 11.8 Å². The van der Waals surface area contributed by atoms with E-state index in [4.69, 9.17) is 9.47 Å². The Labute approximate surface area is 99.5 Å². The van der Waals surface area contributed by atoms with Gasteiger partial charge in [0.25, 0.3) is 0 Å². The van der Waals surface area contributed by atoms with Crippen LogP contribution in [-0.2, 0) is 14.3 Å². The maximum Gasteiger partial charge on any atom is 0.308 e. The fraction of sp³-hybridized carbons (Fsp3) is 0.923. The Kier molecular flexibility index (Phi) is 7.39. The molecule has 96 valence electrons. The number of carbonyl (C=O) groups is 1. The normalized spacial score (nSPS) is 15.2. The Morgan fingerprint density at radius 3 is 2.06 bits per heavy atom. The second-order valence-electron chi connectivity index (χ2n) is 4.97. The molecule has 0 aliphatic carbocycles. The van der Waals surface area contributed by atoms with Crippen molar-refractivity contribution in [2.75, 3.05) is 6.61 Å². The van der Waals surface area contributed by atoms with Gasteiger partial charge in [0, 0.05) is 6.61 Å². The molecule has 3 nitrogen and oxygen atoms in total. The molecule has 0 aromatic heterocycles. The van der Waals surface area contributed by atoms with Crippen LogP contribution in [0.1, 0.15) is 48.0 Å². The second-order valence-corrected chi connectivity index (χ2v) is 4.97. The minimum atomic E-state index is -0.168. The Hall–Kier alpha value is -0.570. The third-order valence-corrected chi connectivity index (χ3v) is 2.34. The second kappa shape index (κ2) is 7.66. The van der Waals surface area contributed by atoms with Crippen LogP contribution in [0.4, 0.5) is 0 Å². The van der Waals surface area contributed by atoms with E-state index in [1.54, 1.807) is 0 Å². The molecule has 2 unspecified atom stereocenters. The lowest BCUT2D eigenvalue weighted by molar-refractivity contribution is -0.160. The summed E-state index contributed by atoms with van der Waals surface area (Å²) in [5.74, 6) is 0.270. The minimum absolute atomic E-state index is 0.00472. The van der Waals surface area contributed by atoms with Gasteiger partial charge in [0.1, 0.15) is 6.10 Å². The first-order valence-electron chi connectivity index (χ1n) is 6.20. The van der Waals surface area contributed by atoms with E-state index in [0.717, 1.165) is 6.42 Å². The molecule has 3 heteroatoms. The van der Waals surface area contributed by atoms with Gasteiger partial charge in [-0.05, 0) is 19.3 Å². The minimum Gasteiger partial charge on any atom is -0.460 e. The summed E-state index contributed by atoms with van der Waals surface area (Å²) in [5, 5.41) is 0. The largest absolute Gasteiger partial charge is 0.460 e. The van der Waals surface area contributed by atoms with Crippen LogP contribution < -0.4 is 0 Å². The van der Waals surface area contributed by atoms with Crippen molar-refractivity contribution in [3.8, 4) is 0 Å². The standard InChI is InChI=1S/C13H26O3/c1-7-12(15-8-9(2)3)11(6)16-13(14)10(4)5/h9-12H,7-8H2,1-6H3. The molecule has 16 heavy (non-hydrogen) atoms. The molecule has 0 bridgehead atoms. The van der Waals surface area contributed by atoms with E-state index in [1.807, 2.05) is 27.7 Å². The summed E-state index contributed by atoms with van der Waals surface area (Å²) >= 11 is 0. The van der Waals surface area contributed by atoms with Gasteiger partial charge >= 0.3 is 5.97 Å². The lowest BCUT2D eigenvalue weighted by Gasteiger charge is -2.24. The van der Waals surface area contributed by atoms with E-state index in [2.05, 4.69) is 13.8 Å². The summed E-state index contributed by atoms with van der Waals surface area (Å²) in [5.41, 5.74) is 0. The van der Waals surface area contributed by atoms with Crippen molar-refractivity contribution in [2.45, 2.75) is 60.2 Å². The summed E-state index contributed by atoms with van der Waals surface area (Å²) in [4.78, 5) is 11.4. The molecule has 0 heterocycles. The Bertz CT molecular complexity index is 199. The van der Waals surface area contributed by atoms with Gasteiger partial charge in [0.15, 0.2) is 0 Å². The van der Waals surface area contributed by atoms with E-state index < -0.39 is 0 Å². The topological polar surface area (TPSA) is 35.5 Å². The summed E-state index contributed by atoms with van der Waals surface area (Å²) in [6, 6.07) is 0. The Morgan fingerprint density at radius 2 is 1.69 bits per heavy atom. The molecule has 0 N–H and O–H groups in total. The van der Waals surface area contributed by atoms with Gasteiger partial charge < -0.3 is 9.47 Å². The van der Waals surface area contributed by atoms with Gasteiger partial charge in [0.2, 0.25) is 0 Å². The average molecular weight is 230 g/mol. The number of ether oxygens (including phenoxy) is 2. The summed E-state index contributed by atoms with van der Waals surface area (Å²) in [7, 11) is 0. The molecule has 0 aromatic carbocycles. The van der Waals surface area contributed by atoms with E-state index in [1.165, 1.54) is 0 Å². The molecule has 0 saturated carbocycles. The maximum atomic E-state index is 11.4. The summed E-state index contributed by atoms with van der Waals surface area (Å²) in [6.07, 6.45) is 0.697. The van der Waals surface area contributed by atoms with Crippen molar-refractivity contribution in [3.05, 3.63) is 0 Å². The lowest BCUT2D eigenvalue weighted by Crippen LogP contribution is -2.32. The highest BCUT2D eigenvalue weighted by Crippen LogP contribution is 2.12. The summed E-state index contributed by atoms with van der Waals surface area (Å²) < 4.78 is 11.1. The van der Waals surface area contributed by atoms with Gasteiger partial charge in [-0.2, -0.15) is 0 Å². The van der Waals surface area contributed by atoms with Gasteiger partial charge in [-0.1, -0.05) is 34.6 Å². The first kappa shape index (κ1) is 15.4. The van der Waals surface area contributed by atoms with Crippen molar-refractivity contribution in [2.24, 2.45) is 11.8 Å².